The molecule has 0 fully saturated rings. The molecule has 0 aromatic rings. The van der Waals surface area contributed by atoms with Gasteiger partial charge in [0.1, 0.15) is 0 Å². The van der Waals surface area contributed by atoms with Gasteiger partial charge >= 0.3 is 0 Å². The van der Waals surface area contributed by atoms with E-state index in [0.717, 1.165) is 11.4 Å². The average Bonchev–Trinajstić information content (AvgIpc) is 2.04. The van der Waals surface area contributed by atoms with Crippen molar-refractivity contribution in [2.75, 3.05) is 7.05 Å². The third kappa shape index (κ3) is 3.28. The summed E-state index contributed by atoms with van der Waals surface area (Å²) in [6.45, 7) is 11.3. The van der Waals surface area contributed by atoms with Crippen molar-refractivity contribution in [2.45, 2.75) is 19.9 Å². The number of hydrogen-bond acceptors (Lipinski definition) is 2. The van der Waals surface area contributed by atoms with Crippen LogP contribution in [0.2, 0.25) is 0 Å². The van der Waals surface area contributed by atoms with Crippen LogP contribution in [-0.4, -0.2) is 24.5 Å². The molecule has 0 heterocycles. The maximum absolute atomic E-state index is 4.33. The van der Waals surface area contributed by atoms with E-state index in [1.54, 1.807) is 19.2 Å². The van der Waals surface area contributed by atoms with Gasteiger partial charge in [-0.25, -0.2) is 0 Å². The van der Waals surface area contributed by atoms with Crippen LogP contribution in [0.15, 0.2) is 35.3 Å². The molecule has 0 N–H and O–H groups in total. The highest BCUT2D eigenvalue weighted by atomic mass is 14.8. The Morgan fingerprint density at radius 3 is 1.92 bits per heavy atom. The monoisotopic (exact) mass is 164 g/mol. The summed E-state index contributed by atoms with van der Waals surface area (Å²) in [4.78, 5) is 8.36. The van der Waals surface area contributed by atoms with E-state index in [-0.39, 0.29) is 6.04 Å². The van der Waals surface area contributed by atoms with E-state index in [0.29, 0.717) is 0 Å². The molecule has 0 amide bonds. The molecule has 0 rings (SSSR count). The molecule has 0 spiro atoms. The highest BCUT2D eigenvalue weighted by Gasteiger charge is 1.99. The highest BCUT2D eigenvalue weighted by Crippen LogP contribution is 1.93. The van der Waals surface area contributed by atoms with E-state index in [9.17, 15) is 0 Å². The Hall–Kier alpha value is -1.18. The fourth-order valence-corrected chi connectivity index (χ4v) is 0.812. The summed E-state index contributed by atoms with van der Waals surface area (Å²) in [5, 5.41) is 0. The van der Waals surface area contributed by atoms with Crippen LogP contribution in [0.1, 0.15) is 13.8 Å². The van der Waals surface area contributed by atoms with Gasteiger partial charge in [0, 0.05) is 13.1 Å². The second-order valence-electron chi connectivity index (χ2n) is 2.63. The quantitative estimate of drug-likeness (QED) is 0.569. The first kappa shape index (κ1) is 10.8. The second-order valence-corrected chi connectivity index (χ2v) is 2.63. The van der Waals surface area contributed by atoms with Gasteiger partial charge in [0.05, 0.1) is 11.4 Å². The minimum atomic E-state index is 0.259. The molecule has 0 aliphatic heterocycles. The fourth-order valence-electron chi connectivity index (χ4n) is 0.812. The summed E-state index contributed by atoms with van der Waals surface area (Å²) >= 11 is 0. The van der Waals surface area contributed by atoms with E-state index in [4.69, 9.17) is 0 Å². The maximum Gasteiger partial charge on any atom is 0.0823 e. The fraction of sp³-hybridized carbons (Fsp3) is 0.400. The molecule has 0 aliphatic rings. The Morgan fingerprint density at radius 1 is 1.17 bits per heavy atom. The van der Waals surface area contributed by atoms with Crippen molar-refractivity contribution < 1.29 is 0 Å². The van der Waals surface area contributed by atoms with E-state index in [2.05, 4.69) is 23.1 Å². The van der Waals surface area contributed by atoms with Crippen molar-refractivity contribution in [1.29, 1.82) is 0 Å². The van der Waals surface area contributed by atoms with E-state index >= 15 is 0 Å². The van der Waals surface area contributed by atoms with Gasteiger partial charge in [-0.05, 0) is 26.0 Å². The van der Waals surface area contributed by atoms with Gasteiger partial charge < -0.3 is 0 Å². The Bertz CT molecular complexity index is 222. The Kier molecular flexibility index (Phi) is 4.93. The topological polar surface area (TPSA) is 24.7 Å². The van der Waals surface area contributed by atoms with Crippen molar-refractivity contribution >= 4 is 11.4 Å². The van der Waals surface area contributed by atoms with Crippen LogP contribution in [-0.2, 0) is 0 Å². The van der Waals surface area contributed by atoms with Crippen molar-refractivity contribution in [1.82, 2.24) is 0 Å². The van der Waals surface area contributed by atoms with Gasteiger partial charge in [-0.1, -0.05) is 13.2 Å². The zero-order chi connectivity index (χ0) is 9.56. The van der Waals surface area contributed by atoms with Crippen LogP contribution in [0, 0.1) is 0 Å². The normalized spacial score (nSPS) is 13.3. The van der Waals surface area contributed by atoms with Crippen LogP contribution in [0.5, 0.6) is 0 Å². The molecule has 0 saturated carbocycles. The lowest BCUT2D eigenvalue weighted by atomic mass is 10.2. The molecule has 0 atom stereocenters. The van der Waals surface area contributed by atoms with E-state index in [1.165, 1.54) is 0 Å². The van der Waals surface area contributed by atoms with Gasteiger partial charge in [0.25, 0.3) is 0 Å². The molecule has 2 nitrogen and oxygen atoms in total. The van der Waals surface area contributed by atoms with Gasteiger partial charge in [-0.15, -0.1) is 0 Å². The summed E-state index contributed by atoms with van der Waals surface area (Å²) in [6.07, 6.45) is 3.38. The van der Waals surface area contributed by atoms with Crippen molar-refractivity contribution in [3.05, 3.63) is 25.3 Å². The van der Waals surface area contributed by atoms with Crippen molar-refractivity contribution in [3.8, 4) is 0 Å². The standard InChI is InChI=1S/C10H16N2/c1-6-9(11-5)10(7-2)12-8(3)4/h6-8H,1-2H2,3-5H3. The third-order valence-corrected chi connectivity index (χ3v) is 1.29. The Morgan fingerprint density at radius 2 is 1.67 bits per heavy atom. The van der Waals surface area contributed by atoms with Gasteiger partial charge in [-0.2, -0.15) is 0 Å². The predicted octanol–water partition coefficient (Wildman–Crippen LogP) is 2.28. The largest absolute Gasteiger partial charge is 0.286 e. The smallest absolute Gasteiger partial charge is 0.0823 e. The summed E-state index contributed by atoms with van der Waals surface area (Å²) in [5.41, 5.74) is 1.60. The van der Waals surface area contributed by atoms with Crippen LogP contribution >= 0.6 is 0 Å². The van der Waals surface area contributed by atoms with E-state index in [1.807, 2.05) is 13.8 Å². The van der Waals surface area contributed by atoms with Crippen LogP contribution in [0.4, 0.5) is 0 Å². The lowest BCUT2D eigenvalue weighted by molar-refractivity contribution is 0.839. The van der Waals surface area contributed by atoms with Gasteiger partial charge in [0.15, 0.2) is 0 Å². The molecule has 12 heavy (non-hydrogen) atoms. The molecule has 0 aromatic carbocycles. The molecule has 0 bridgehead atoms. The molecule has 2 heteroatoms. The number of hydrogen-bond donors (Lipinski definition) is 0. The SMILES string of the molecule is C=CC(=NC)C(C=C)=NC(C)C. The minimum absolute atomic E-state index is 0.259. The zero-order valence-electron chi connectivity index (χ0n) is 8.04. The van der Waals surface area contributed by atoms with Gasteiger partial charge in [-0.3, -0.25) is 9.98 Å². The third-order valence-electron chi connectivity index (χ3n) is 1.29. The second kappa shape index (κ2) is 5.47. The molecule has 0 unspecified atom stereocenters. The number of rotatable bonds is 4. The summed E-state index contributed by atoms with van der Waals surface area (Å²) in [7, 11) is 1.72. The molecule has 0 saturated heterocycles. The maximum atomic E-state index is 4.33. The van der Waals surface area contributed by atoms with Crippen LogP contribution < -0.4 is 0 Å². The first-order valence-electron chi connectivity index (χ1n) is 3.95. The lowest BCUT2D eigenvalue weighted by Crippen LogP contribution is -2.10. The molecule has 0 aromatic heterocycles. The summed E-state index contributed by atoms with van der Waals surface area (Å²) < 4.78 is 0. The van der Waals surface area contributed by atoms with Gasteiger partial charge in [0.2, 0.25) is 0 Å². The molecule has 0 aliphatic carbocycles. The molecular weight excluding hydrogens is 148 g/mol. The lowest BCUT2D eigenvalue weighted by Gasteiger charge is -2.02. The van der Waals surface area contributed by atoms with Crippen molar-refractivity contribution in [3.63, 3.8) is 0 Å². The minimum Gasteiger partial charge on any atom is -0.286 e. The summed E-state index contributed by atoms with van der Waals surface area (Å²) in [6, 6.07) is 0.259. The number of aliphatic imine (C=N–C) groups is 2. The average molecular weight is 164 g/mol. The first-order chi connectivity index (χ1) is 5.65. The molecule has 66 valence electrons. The zero-order valence-corrected chi connectivity index (χ0v) is 8.04. The van der Waals surface area contributed by atoms with Crippen LogP contribution in [0.25, 0.3) is 0 Å². The van der Waals surface area contributed by atoms with E-state index < -0.39 is 0 Å². The highest BCUT2D eigenvalue weighted by molar-refractivity contribution is 6.50. The van der Waals surface area contributed by atoms with Crippen molar-refractivity contribution in [2.24, 2.45) is 9.98 Å². The molecular formula is C10H16N2. The predicted molar refractivity (Wildman–Crippen MR) is 56.3 cm³/mol. The molecule has 0 radical (unpaired) electrons. The summed E-state index contributed by atoms with van der Waals surface area (Å²) in [5.74, 6) is 0. The first-order valence-corrected chi connectivity index (χ1v) is 3.95. The number of allylic oxidation sites excluding steroid dienone is 2. The Balaban J connectivity index is 4.77. The Labute approximate surface area is 74.4 Å². The number of nitrogens with zero attached hydrogens (tertiary/aromatic N) is 2. The van der Waals surface area contributed by atoms with Crippen LogP contribution in [0.3, 0.4) is 0 Å².